The van der Waals surface area contributed by atoms with Crippen LogP contribution in [0.4, 0.5) is 0 Å². The van der Waals surface area contributed by atoms with Crippen LogP contribution in [0, 0.1) is 5.92 Å². The smallest absolute Gasteiger partial charge is 0.268 e. The predicted octanol–water partition coefficient (Wildman–Crippen LogP) is 2.49. The number of amides is 1. The highest BCUT2D eigenvalue weighted by molar-refractivity contribution is 5.98. The lowest BCUT2D eigenvalue weighted by Crippen LogP contribution is -2.57. The maximum Gasteiger partial charge on any atom is 0.268 e. The number of hydrogen-bond donors (Lipinski definition) is 1. The molecule has 1 unspecified atom stereocenters. The van der Waals surface area contributed by atoms with E-state index < -0.39 is 0 Å². The number of para-hydroxylation sites is 1. The summed E-state index contributed by atoms with van der Waals surface area (Å²) in [7, 11) is 0. The minimum atomic E-state index is 0.0804. The molecule has 0 aliphatic carbocycles. The number of rotatable bonds is 3. The lowest BCUT2D eigenvalue weighted by atomic mass is 9.84. The van der Waals surface area contributed by atoms with Crippen LogP contribution in [0.1, 0.15) is 30.3 Å². The summed E-state index contributed by atoms with van der Waals surface area (Å²) in [4.78, 5) is 15.3. The largest absolute Gasteiger partial charge is 0.346 e. The van der Waals surface area contributed by atoms with E-state index in [1.165, 1.54) is 25.9 Å². The molecule has 2 bridgehead atoms. The second-order valence-corrected chi connectivity index (χ2v) is 6.55. The molecule has 3 fully saturated rings. The van der Waals surface area contributed by atoms with Crippen LogP contribution in [-0.2, 0) is 6.54 Å². The van der Waals surface area contributed by atoms with Gasteiger partial charge in [0.05, 0.1) is 0 Å². The molecule has 22 heavy (non-hydrogen) atoms. The minimum Gasteiger partial charge on any atom is -0.346 e. The summed E-state index contributed by atoms with van der Waals surface area (Å²) in [5.74, 6) is 0.741. The molecule has 1 N–H and O–H groups in total. The van der Waals surface area contributed by atoms with E-state index in [1.807, 2.05) is 18.2 Å². The van der Waals surface area contributed by atoms with Crippen LogP contribution < -0.4 is 5.32 Å². The predicted molar refractivity (Wildman–Crippen MR) is 88.0 cm³/mol. The Kier molecular flexibility index (Phi) is 3.41. The molecule has 2 aromatic rings. The van der Waals surface area contributed by atoms with Crippen molar-refractivity contribution in [3.8, 4) is 0 Å². The van der Waals surface area contributed by atoms with E-state index in [1.54, 1.807) is 0 Å². The fourth-order valence-electron chi connectivity index (χ4n) is 4.11. The van der Waals surface area contributed by atoms with Gasteiger partial charge in [-0.15, -0.1) is 0 Å². The van der Waals surface area contributed by atoms with Crippen molar-refractivity contribution in [3.63, 3.8) is 0 Å². The molecule has 5 rings (SSSR count). The fourth-order valence-corrected chi connectivity index (χ4v) is 4.11. The molecule has 4 nitrogen and oxygen atoms in total. The second-order valence-electron chi connectivity index (χ2n) is 6.55. The van der Waals surface area contributed by atoms with Gasteiger partial charge in [0.15, 0.2) is 0 Å². The first-order valence-electron chi connectivity index (χ1n) is 8.37. The van der Waals surface area contributed by atoms with Gasteiger partial charge in [-0.2, -0.15) is 0 Å². The summed E-state index contributed by atoms with van der Waals surface area (Å²) in [6.45, 7) is 6.33. The Labute approximate surface area is 131 Å². The first-order chi connectivity index (χ1) is 10.8. The zero-order valence-corrected chi connectivity index (χ0v) is 13.1. The highest BCUT2D eigenvalue weighted by Crippen LogP contribution is 2.28. The van der Waals surface area contributed by atoms with E-state index in [4.69, 9.17) is 0 Å². The zero-order chi connectivity index (χ0) is 15.1. The topological polar surface area (TPSA) is 37.3 Å². The van der Waals surface area contributed by atoms with Crippen molar-refractivity contribution in [1.82, 2.24) is 14.8 Å². The lowest BCUT2D eigenvalue weighted by molar-refractivity contribution is 0.0616. The van der Waals surface area contributed by atoms with Crippen LogP contribution in [0.25, 0.3) is 10.9 Å². The van der Waals surface area contributed by atoms with E-state index in [0.29, 0.717) is 12.0 Å². The van der Waals surface area contributed by atoms with Crippen LogP contribution in [-0.4, -0.2) is 41.1 Å². The Morgan fingerprint density at radius 1 is 1.27 bits per heavy atom. The Hall–Kier alpha value is -1.81. The second kappa shape index (κ2) is 5.43. The summed E-state index contributed by atoms with van der Waals surface area (Å²) >= 11 is 0. The van der Waals surface area contributed by atoms with Gasteiger partial charge in [0.2, 0.25) is 0 Å². The molecule has 1 aromatic heterocycles. The van der Waals surface area contributed by atoms with E-state index in [-0.39, 0.29) is 5.91 Å². The summed E-state index contributed by atoms with van der Waals surface area (Å²) in [5.41, 5.74) is 1.93. The molecule has 1 amide bonds. The molecule has 0 spiro atoms. The Morgan fingerprint density at radius 2 is 2.05 bits per heavy atom. The van der Waals surface area contributed by atoms with Crippen molar-refractivity contribution in [2.75, 3.05) is 19.6 Å². The SMILES string of the molecule is CCn1c(C(=O)NC2CN3CCC2CC3)cc2ccccc21. The zero-order valence-electron chi connectivity index (χ0n) is 13.1. The van der Waals surface area contributed by atoms with Gasteiger partial charge in [-0.25, -0.2) is 0 Å². The number of fused-ring (bicyclic) bond motifs is 4. The molecule has 0 radical (unpaired) electrons. The highest BCUT2D eigenvalue weighted by atomic mass is 16.2. The molecule has 3 aliphatic heterocycles. The standard InChI is InChI=1S/C18H23N3O/c1-2-21-16-6-4-3-5-14(16)11-17(21)18(22)19-15-12-20-9-7-13(15)8-10-20/h3-6,11,13,15H,2,7-10,12H2,1H3,(H,19,22). The van der Waals surface area contributed by atoms with Gasteiger partial charge in [0.1, 0.15) is 5.69 Å². The van der Waals surface area contributed by atoms with E-state index >= 15 is 0 Å². The normalized spacial score (nSPS) is 27.2. The minimum absolute atomic E-state index is 0.0804. The summed E-state index contributed by atoms with van der Waals surface area (Å²) in [5, 5.41) is 4.44. The van der Waals surface area contributed by atoms with Gasteiger partial charge in [0, 0.05) is 30.0 Å². The highest BCUT2D eigenvalue weighted by Gasteiger charge is 2.35. The van der Waals surface area contributed by atoms with Crippen molar-refractivity contribution in [2.45, 2.75) is 32.4 Å². The number of nitrogens with zero attached hydrogens (tertiary/aromatic N) is 2. The Bertz CT molecular complexity index is 697. The van der Waals surface area contributed by atoms with Crippen molar-refractivity contribution in [1.29, 1.82) is 0 Å². The van der Waals surface area contributed by atoms with Crippen LogP contribution in [0.5, 0.6) is 0 Å². The monoisotopic (exact) mass is 297 g/mol. The third kappa shape index (κ3) is 2.22. The Morgan fingerprint density at radius 3 is 2.73 bits per heavy atom. The molecule has 4 heterocycles. The number of piperidine rings is 3. The molecular weight excluding hydrogens is 274 g/mol. The molecule has 0 saturated carbocycles. The fraction of sp³-hybridized carbons (Fsp3) is 0.500. The van der Waals surface area contributed by atoms with Crippen molar-refractivity contribution >= 4 is 16.8 Å². The van der Waals surface area contributed by atoms with Crippen molar-refractivity contribution in [2.24, 2.45) is 5.92 Å². The molecule has 3 saturated heterocycles. The maximum absolute atomic E-state index is 12.8. The third-order valence-electron chi connectivity index (χ3n) is 5.33. The number of carbonyl (C=O) groups is 1. The summed E-state index contributed by atoms with van der Waals surface area (Å²) in [6.07, 6.45) is 2.45. The summed E-state index contributed by atoms with van der Waals surface area (Å²) < 4.78 is 2.12. The number of hydrogen-bond acceptors (Lipinski definition) is 2. The number of aromatic nitrogens is 1. The van der Waals surface area contributed by atoms with E-state index in [0.717, 1.165) is 29.7 Å². The van der Waals surface area contributed by atoms with E-state index in [2.05, 4.69) is 33.8 Å². The van der Waals surface area contributed by atoms with Gasteiger partial charge in [-0.05, 0) is 50.9 Å². The van der Waals surface area contributed by atoms with Crippen LogP contribution in [0.15, 0.2) is 30.3 Å². The van der Waals surface area contributed by atoms with Gasteiger partial charge < -0.3 is 14.8 Å². The molecule has 3 aliphatic rings. The number of aryl methyl sites for hydroxylation is 1. The number of benzene rings is 1. The number of carbonyl (C=O) groups excluding carboxylic acids is 1. The first-order valence-corrected chi connectivity index (χ1v) is 8.37. The van der Waals surface area contributed by atoms with Crippen LogP contribution in [0.3, 0.4) is 0 Å². The van der Waals surface area contributed by atoms with Crippen molar-refractivity contribution in [3.05, 3.63) is 36.0 Å². The molecule has 1 aromatic carbocycles. The van der Waals surface area contributed by atoms with Gasteiger partial charge >= 0.3 is 0 Å². The molecule has 116 valence electrons. The lowest BCUT2D eigenvalue weighted by Gasteiger charge is -2.44. The molecular formula is C18H23N3O. The van der Waals surface area contributed by atoms with Gasteiger partial charge in [-0.1, -0.05) is 18.2 Å². The quantitative estimate of drug-likeness (QED) is 0.945. The van der Waals surface area contributed by atoms with Crippen LogP contribution in [0.2, 0.25) is 0 Å². The average Bonchev–Trinajstić information content (AvgIpc) is 2.94. The van der Waals surface area contributed by atoms with Gasteiger partial charge in [-0.3, -0.25) is 4.79 Å². The molecule has 1 atom stereocenters. The third-order valence-corrected chi connectivity index (χ3v) is 5.33. The maximum atomic E-state index is 12.8. The van der Waals surface area contributed by atoms with Crippen LogP contribution >= 0.6 is 0 Å². The Balaban J connectivity index is 1.60. The average molecular weight is 297 g/mol. The van der Waals surface area contributed by atoms with Crippen molar-refractivity contribution < 1.29 is 4.79 Å². The molecule has 4 heteroatoms. The summed E-state index contributed by atoms with van der Waals surface area (Å²) in [6, 6.07) is 10.6. The number of nitrogens with one attached hydrogen (secondary N) is 1. The van der Waals surface area contributed by atoms with E-state index in [9.17, 15) is 4.79 Å². The first kappa shape index (κ1) is 13.8. The van der Waals surface area contributed by atoms with Gasteiger partial charge in [0.25, 0.3) is 5.91 Å².